The van der Waals surface area contributed by atoms with Gasteiger partial charge in [0.1, 0.15) is 0 Å². The number of benzene rings is 1. The molecule has 1 amide bonds. The lowest BCUT2D eigenvalue weighted by molar-refractivity contribution is -0.116. The molecule has 18 heavy (non-hydrogen) atoms. The normalized spacial score (nSPS) is 10.4. The quantitative estimate of drug-likeness (QED) is 0.780. The van der Waals surface area contributed by atoms with Gasteiger partial charge in [0.15, 0.2) is 0 Å². The van der Waals surface area contributed by atoms with Gasteiger partial charge in [0, 0.05) is 30.9 Å². The van der Waals surface area contributed by atoms with Gasteiger partial charge in [-0.3, -0.25) is 4.79 Å². The molecule has 0 heterocycles. The number of nitrogens with zero attached hydrogens (tertiary/aromatic N) is 1. The molecule has 0 aromatic heterocycles. The van der Waals surface area contributed by atoms with Crippen molar-refractivity contribution in [3.8, 4) is 0 Å². The van der Waals surface area contributed by atoms with Crippen molar-refractivity contribution in [2.45, 2.75) is 19.8 Å². The van der Waals surface area contributed by atoms with Gasteiger partial charge in [0.25, 0.3) is 0 Å². The second kappa shape index (κ2) is 7.71. The minimum atomic E-state index is 0.0748. The number of hydrogen-bond acceptors (Lipinski definition) is 3. The molecule has 1 aromatic carbocycles. The zero-order valence-corrected chi connectivity index (χ0v) is 11.5. The number of rotatable bonds is 7. The van der Waals surface area contributed by atoms with E-state index in [-0.39, 0.29) is 5.91 Å². The summed E-state index contributed by atoms with van der Waals surface area (Å²) in [6.45, 7) is 3.90. The highest BCUT2D eigenvalue weighted by Crippen LogP contribution is 2.13. The summed E-state index contributed by atoms with van der Waals surface area (Å²) in [7, 11) is 4.10. The van der Waals surface area contributed by atoms with E-state index < -0.39 is 0 Å². The van der Waals surface area contributed by atoms with Gasteiger partial charge >= 0.3 is 0 Å². The smallest absolute Gasteiger partial charge is 0.224 e. The standard InChI is InChI=1S/C14H23N3O/c1-4-5-14(18)16-13-8-6-12(7-9-13)15-10-11-17(2)3/h6-9,15H,4-5,10-11H2,1-3H3,(H,16,18). The van der Waals surface area contributed by atoms with E-state index in [0.29, 0.717) is 6.42 Å². The van der Waals surface area contributed by atoms with Crippen LogP contribution in [0, 0.1) is 0 Å². The first-order chi connectivity index (χ1) is 8.61. The van der Waals surface area contributed by atoms with Crippen molar-refractivity contribution in [2.75, 3.05) is 37.8 Å². The van der Waals surface area contributed by atoms with E-state index in [4.69, 9.17) is 0 Å². The molecule has 0 aliphatic carbocycles. The average molecular weight is 249 g/mol. The zero-order valence-electron chi connectivity index (χ0n) is 11.5. The van der Waals surface area contributed by atoms with Gasteiger partial charge in [0.05, 0.1) is 0 Å². The Hall–Kier alpha value is -1.55. The van der Waals surface area contributed by atoms with Crippen LogP contribution in [0.25, 0.3) is 0 Å². The Labute approximate surface area is 109 Å². The summed E-state index contributed by atoms with van der Waals surface area (Å²) < 4.78 is 0. The van der Waals surface area contributed by atoms with Crippen molar-refractivity contribution >= 4 is 17.3 Å². The third-order valence-corrected chi connectivity index (χ3v) is 2.53. The molecule has 0 saturated heterocycles. The van der Waals surface area contributed by atoms with Gasteiger partial charge in [-0.1, -0.05) is 6.92 Å². The Balaban J connectivity index is 2.40. The molecule has 100 valence electrons. The number of anilines is 2. The van der Waals surface area contributed by atoms with E-state index in [0.717, 1.165) is 30.9 Å². The Bertz CT molecular complexity index is 360. The maximum Gasteiger partial charge on any atom is 0.224 e. The molecular formula is C14H23N3O. The zero-order chi connectivity index (χ0) is 13.4. The summed E-state index contributed by atoms with van der Waals surface area (Å²) in [6, 6.07) is 7.81. The van der Waals surface area contributed by atoms with Gasteiger partial charge in [0.2, 0.25) is 5.91 Å². The minimum Gasteiger partial charge on any atom is -0.384 e. The molecule has 0 bridgehead atoms. The molecule has 2 N–H and O–H groups in total. The van der Waals surface area contributed by atoms with Crippen LogP contribution in [0.1, 0.15) is 19.8 Å². The van der Waals surface area contributed by atoms with E-state index in [1.807, 2.05) is 45.3 Å². The first-order valence-electron chi connectivity index (χ1n) is 6.40. The monoisotopic (exact) mass is 249 g/mol. The predicted molar refractivity (Wildman–Crippen MR) is 77.0 cm³/mol. The van der Waals surface area contributed by atoms with E-state index in [9.17, 15) is 4.79 Å². The van der Waals surface area contributed by atoms with Crippen LogP contribution in [0.4, 0.5) is 11.4 Å². The number of amides is 1. The Morgan fingerprint density at radius 1 is 1.17 bits per heavy atom. The first kappa shape index (κ1) is 14.5. The van der Waals surface area contributed by atoms with Crippen LogP contribution in [0.2, 0.25) is 0 Å². The maximum atomic E-state index is 11.4. The highest BCUT2D eigenvalue weighted by Gasteiger charge is 2.00. The lowest BCUT2D eigenvalue weighted by Gasteiger charge is -2.12. The SMILES string of the molecule is CCCC(=O)Nc1ccc(NCCN(C)C)cc1. The van der Waals surface area contributed by atoms with E-state index in [1.54, 1.807) is 0 Å². The Kier molecular flexibility index (Phi) is 6.22. The molecular weight excluding hydrogens is 226 g/mol. The molecule has 0 radical (unpaired) electrons. The van der Waals surface area contributed by atoms with Crippen molar-refractivity contribution < 1.29 is 4.79 Å². The molecule has 0 saturated carbocycles. The van der Waals surface area contributed by atoms with Crippen molar-refractivity contribution in [3.05, 3.63) is 24.3 Å². The van der Waals surface area contributed by atoms with Crippen LogP contribution in [-0.2, 0) is 4.79 Å². The van der Waals surface area contributed by atoms with Crippen molar-refractivity contribution in [1.82, 2.24) is 4.90 Å². The minimum absolute atomic E-state index is 0.0748. The predicted octanol–water partition coefficient (Wildman–Crippen LogP) is 2.40. The number of likely N-dealkylation sites (N-methyl/N-ethyl adjacent to an activating group) is 1. The van der Waals surface area contributed by atoms with Gasteiger partial charge in [-0.05, 0) is 44.8 Å². The molecule has 1 aromatic rings. The molecule has 0 unspecified atom stereocenters. The van der Waals surface area contributed by atoms with E-state index in [1.165, 1.54) is 0 Å². The lowest BCUT2D eigenvalue weighted by Crippen LogP contribution is -2.20. The molecule has 0 spiro atoms. The maximum absolute atomic E-state index is 11.4. The number of carbonyl (C=O) groups excluding carboxylic acids is 1. The molecule has 0 atom stereocenters. The summed E-state index contributed by atoms with van der Waals surface area (Å²) in [5, 5.41) is 6.20. The van der Waals surface area contributed by atoms with Crippen LogP contribution >= 0.6 is 0 Å². The van der Waals surface area contributed by atoms with Crippen LogP contribution in [0.3, 0.4) is 0 Å². The third kappa shape index (κ3) is 5.68. The Morgan fingerprint density at radius 2 is 1.78 bits per heavy atom. The summed E-state index contributed by atoms with van der Waals surface area (Å²) in [4.78, 5) is 13.5. The van der Waals surface area contributed by atoms with E-state index in [2.05, 4.69) is 15.5 Å². The first-order valence-corrected chi connectivity index (χ1v) is 6.40. The van der Waals surface area contributed by atoms with Gasteiger partial charge in [-0.25, -0.2) is 0 Å². The average Bonchev–Trinajstić information content (AvgIpc) is 2.31. The number of carbonyl (C=O) groups is 1. The highest BCUT2D eigenvalue weighted by molar-refractivity contribution is 5.90. The van der Waals surface area contributed by atoms with Crippen LogP contribution < -0.4 is 10.6 Å². The van der Waals surface area contributed by atoms with Gasteiger partial charge in [-0.15, -0.1) is 0 Å². The lowest BCUT2D eigenvalue weighted by atomic mass is 10.2. The second-order valence-electron chi connectivity index (χ2n) is 4.61. The Morgan fingerprint density at radius 3 is 2.33 bits per heavy atom. The van der Waals surface area contributed by atoms with Crippen LogP contribution in [-0.4, -0.2) is 38.0 Å². The summed E-state index contributed by atoms with van der Waals surface area (Å²) in [6.07, 6.45) is 1.44. The second-order valence-corrected chi connectivity index (χ2v) is 4.61. The fraction of sp³-hybridized carbons (Fsp3) is 0.500. The molecule has 0 aliphatic rings. The fourth-order valence-corrected chi connectivity index (χ4v) is 1.55. The fourth-order valence-electron chi connectivity index (χ4n) is 1.55. The van der Waals surface area contributed by atoms with Crippen LogP contribution in [0.15, 0.2) is 24.3 Å². The molecule has 4 nitrogen and oxygen atoms in total. The van der Waals surface area contributed by atoms with Crippen molar-refractivity contribution in [3.63, 3.8) is 0 Å². The van der Waals surface area contributed by atoms with E-state index >= 15 is 0 Å². The van der Waals surface area contributed by atoms with Crippen LogP contribution in [0.5, 0.6) is 0 Å². The largest absolute Gasteiger partial charge is 0.384 e. The van der Waals surface area contributed by atoms with Gasteiger partial charge in [-0.2, -0.15) is 0 Å². The molecule has 0 aliphatic heterocycles. The van der Waals surface area contributed by atoms with Crippen molar-refractivity contribution in [2.24, 2.45) is 0 Å². The van der Waals surface area contributed by atoms with Crippen molar-refractivity contribution in [1.29, 1.82) is 0 Å². The topological polar surface area (TPSA) is 44.4 Å². The number of nitrogens with one attached hydrogen (secondary N) is 2. The highest BCUT2D eigenvalue weighted by atomic mass is 16.1. The summed E-state index contributed by atoms with van der Waals surface area (Å²) in [5.74, 6) is 0.0748. The van der Waals surface area contributed by atoms with Gasteiger partial charge < -0.3 is 15.5 Å². The summed E-state index contributed by atoms with van der Waals surface area (Å²) in [5.41, 5.74) is 1.93. The molecule has 4 heteroatoms. The third-order valence-electron chi connectivity index (χ3n) is 2.53. The molecule has 0 fully saturated rings. The number of hydrogen-bond donors (Lipinski definition) is 2. The molecule has 1 rings (SSSR count). The summed E-state index contributed by atoms with van der Waals surface area (Å²) >= 11 is 0.